The summed E-state index contributed by atoms with van der Waals surface area (Å²) in [4.78, 5) is 26.1. The molecule has 0 atom stereocenters. The first-order valence-corrected chi connectivity index (χ1v) is 9.45. The Kier molecular flexibility index (Phi) is 5.67. The molecule has 0 heterocycles. The molecule has 0 spiro atoms. The van der Waals surface area contributed by atoms with Crippen LogP contribution in [0.5, 0.6) is 11.5 Å². The molecule has 4 nitrogen and oxygen atoms in total. The fraction of sp³-hybridized carbons (Fsp3) is 0. The minimum Gasteiger partial charge on any atom is -0.423 e. The van der Waals surface area contributed by atoms with E-state index in [1.54, 1.807) is 66.7 Å². The van der Waals surface area contributed by atoms with E-state index in [2.05, 4.69) is 0 Å². The summed E-state index contributed by atoms with van der Waals surface area (Å²) in [5.41, 5.74) is 1.69. The van der Waals surface area contributed by atoms with Crippen molar-refractivity contribution in [1.29, 1.82) is 0 Å². The van der Waals surface area contributed by atoms with Gasteiger partial charge in [-0.15, -0.1) is 0 Å². The molecule has 0 aromatic heterocycles. The van der Waals surface area contributed by atoms with Gasteiger partial charge in [-0.3, -0.25) is 0 Å². The molecule has 0 fully saturated rings. The van der Waals surface area contributed by atoms with Crippen molar-refractivity contribution in [3.05, 3.63) is 120 Å². The first kappa shape index (κ1) is 19.2. The summed E-state index contributed by atoms with van der Waals surface area (Å²) >= 11 is 0. The molecule has 30 heavy (non-hydrogen) atoms. The normalized spacial score (nSPS) is 10.3. The van der Waals surface area contributed by atoms with Crippen molar-refractivity contribution in [2.75, 3.05) is 0 Å². The Hall–Kier alpha value is -4.18. The Balaban J connectivity index is 1.77. The first-order valence-electron chi connectivity index (χ1n) is 9.45. The topological polar surface area (TPSA) is 52.6 Å². The molecule has 4 rings (SSSR count). The van der Waals surface area contributed by atoms with Crippen LogP contribution in [0.4, 0.5) is 0 Å². The summed E-state index contributed by atoms with van der Waals surface area (Å²) in [5, 5.41) is 0. The number of hydrogen-bond acceptors (Lipinski definition) is 4. The van der Waals surface area contributed by atoms with Gasteiger partial charge in [-0.1, -0.05) is 78.9 Å². The highest BCUT2D eigenvalue weighted by Gasteiger charge is 2.24. The van der Waals surface area contributed by atoms with Crippen LogP contribution in [0.1, 0.15) is 20.7 Å². The highest BCUT2D eigenvalue weighted by molar-refractivity contribution is 6.09. The highest BCUT2D eigenvalue weighted by atomic mass is 16.5. The van der Waals surface area contributed by atoms with E-state index >= 15 is 0 Å². The SMILES string of the molecule is O=C(Oc1ccccc1)c1cccc(-c2ccccc2)c1C(=O)Oc1ccccc1. The minimum absolute atomic E-state index is 0.140. The molecule has 4 heteroatoms. The Morgan fingerprint density at radius 2 is 1.00 bits per heavy atom. The van der Waals surface area contributed by atoms with Gasteiger partial charge in [-0.2, -0.15) is 0 Å². The molecule has 0 saturated heterocycles. The second kappa shape index (κ2) is 8.88. The number of carbonyl (C=O) groups is 2. The molecule has 0 amide bonds. The van der Waals surface area contributed by atoms with E-state index in [-0.39, 0.29) is 11.1 Å². The molecular weight excluding hydrogens is 376 g/mol. The zero-order valence-electron chi connectivity index (χ0n) is 16.0. The molecule has 4 aromatic rings. The van der Waals surface area contributed by atoms with Crippen molar-refractivity contribution >= 4 is 11.9 Å². The van der Waals surface area contributed by atoms with Gasteiger partial charge in [0.05, 0.1) is 11.1 Å². The maximum Gasteiger partial charge on any atom is 0.345 e. The lowest BCUT2D eigenvalue weighted by Gasteiger charge is -2.14. The molecule has 4 aromatic carbocycles. The van der Waals surface area contributed by atoms with Gasteiger partial charge in [0.15, 0.2) is 0 Å². The fourth-order valence-corrected chi connectivity index (χ4v) is 3.10. The minimum atomic E-state index is -0.626. The molecule has 0 aliphatic rings. The number of ether oxygens (including phenoxy) is 2. The van der Waals surface area contributed by atoms with E-state index in [4.69, 9.17) is 9.47 Å². The molecule has 0 bridgehead atoms. The molecule has 0 radical (unpaired) electrons. The summed E-state index contributed by atoms with van der Waals surface area (Å²) < 4.78 is 11.0. The van der Waals surface area contributed by atoms with Crippen LogP contribution >= 0.6 is 0 Å². The Bertz CT molecular complexity index is 1150. The average Bonchev–Trinajstić information content (AvgIpc) is 2.80. The summed E-state index contributed by atoms with van der Waals surface area (Å²) in [6, 6.07) is 32.0. The fourth-order valence-electron chi connectivity index (χ4n) is 3.10. The second-order valence-electron chi connectivity index (χ2n) is 6.50. The zero-order chi connectivity index (χ0) is 20.8. The summed E-state index contributed by atoms with van der Waals surface area (Å²) in [7, 11) is 0. The van der Waals surface area contributed by atoms with Crippen molar-refractivity contribution < 1.29 is 19.1 Å². The maximum absolute atomic E-state index is 13.2. The lowest BCUT2D eigenvalue weighted by molar-refractivity contribution is 0.0692. The Labute approximate surface area is 174 Å². The second-order valence-corrected chi connectivity index (χ2v) is 6.50. The molecule has 0 N–H and O–H groups in total. The van der Waals surface area contributed by atoms with Gasteiger partial charge in [-0.05, 0) is 41.5 Å². The number of benzene rings is 4. The van der Waals surface area contributed by atoms with Crippen LogP contribution in [0.2, 0.25) is 0 Å². The van der Waals surface area contributed by atoms with E-state index in [0.717, 1.165) is 5.56 Å². The third kappa shape index (κ3) is 4.28. The lowest BCUT2D eigenvalue weighted by Crippen LogP contribution is -2.18. The number of para-hydroxylation sites is 2. The van der Waals surface area contributed by atoms with Crippen LogP contribution in [0.3, 0.4) is 0 Å². The van der Waals surface area contributed by atoms with E-state index in [0.29, 0.717) is 17.1 Å². The molecular formula is C26H18O4. The summed E-state index contributed by atoms with van der Waals surface area (Å²) in [6.45, 7) is 0. The first-order chi connectivity index (χ1) is 14.7. The maximum atomic E-state index is 13.2. The van der Waals surface area contributed by atoms with Gasteiger partial charge < -0.3 is 9.47 Å². The van der Waals surface area contributed by atoms with Gasteiger partial charge in [0, 0.05) is 0 Å². The van der Waals surface area contributed by atoms with E-state index in [9.17, 15) is 9.59 Å². The third-order valence-electron chi connectivity index (χ3n) is 4.48. The van der Waals surface area contributed by atoms with Crippen molar-refractivity contribution in [2.45, 2.75) is 0 Å². The molecule has 0 aliphatic heterocycles. The van der Waals surface area contributed by atoms with Gasteiger partial charge in [0.2, 0.25) is 0 Å². The number of carbonyl (C=O) groups excluding carboxylic acids is 2. The van der Waals surface area contributed by atoms with Gasteiger partial charge in [0.25, 0.3) is 0 Å². The van der Waals surface area contributed by atoms with Crippen molar-refractivity contribution in [3.63, 3.8) is 0 Å². The molecule has 0 aliphatic carbocycles. The van der Waals surface area contributed by atoms with Gasteiger partial charge in [0.1, 0.15) is 11.5 Å². The van der Waals surface area contributed by atoms with Crippen LogP contribution in [0, 0.1) is 0 Å². The van der Waals surface area contributed by atoms with Crippen molar-refractivity contribution in [1.82, 2.24) is 0 Å². The molecule has 0 unspecified atom stereocenters. The smallest absolute Gasteiger partial charge is 0.345 e. The number of esters is 2. The van der Waals surface area contributed by atoms with Crippen molar-refractivity contribution in [2.24, 2.45) is 0 Å². The predicted octanol–water partition coefficient (Wildman–Crippen LogP) is 5.79. The van der Waals surface area contributed by atoms with Crippen LogP contribution in [-0.2, 0) is 0 Å². The van der Waals surface area contributed by atoms with Crippen molar-refractivity contribution in [3.8, 4) is 22.6 Å². The largest absolute Gasteiger partial charge is 0.423 e. The summed E-state index contributed by atoms with van der Waals surface area (Å²) in [5.74, 6) is -0.456. The zero-order valence-corrected chi connectivity index (χ0v) is 16.0. The standard InChI is InChI=1S/C26H18O4/c27-25(29-20-13-6-2-7-14-20)23-18-10-17-22(19-11-4-1-5-12-19)24(23)26(28)30-21-15-8-3-9-16-21/h1-18H. The quantitative estimate of drug-likeness (QED) is 0.317. The number of rotatable bonds is 5. The highest BCUT2D eigenvalue weighted by Crippen LogP contribution is 2.28. The molecule has 0 saturated carbocycles. The van der Waals surface area contributed by atoms with E-state index in [1.807, 2.05) is 42.5 Å². The van der Waals surface area contributed by atoms with Crippen LogP contribution < -0.4 is 9.47 Å². The third-order valence-corrected chi connectivity index (χ3v) is 4.48. The van der Waals surface area contributed by atoms with Crippen LogP contribution in [0.15, 0.2) is 109 Å². The Morgan fingerprint density at radius 1 is 0.500 bits per heavy atom. The lowest BCUT2D eigenvalue weighted by atomic mass is 9.95. The number of hydrogen-bond donors (Lipinski definition) is 0. The van der Waals surface area contributed by atoms with Gasteiger partial charge >= 0.3 is 11.9 Å². The van der Waals surface area contributed by atoms with Crippen LogP contribution in [-0.4, -0.2) is 11.9 Å². The molecule has 146 valence electrons. The predicted molar refractivity (Wildman–Crippen MR) is 115 cm³/mol. The monoisotopic (exact) mass is 394 g/mol. The summed E-state index contributed by atoms with van der Waals surface area (Å²) in [6.07, 6.45) is 0. The van der Waals surface area contributed by atoms with E-state index < -0.39 is 11.9 Å². The van der Waals surface area contributed by atoms with Gasteiger partial charge in [-0.25, -0.2) is 9.59 Å². The average molecular weight is 394 g/mol. The van der Waals surface area contributed by atoms with Crippen LogP contribution in [0.25, 0.3) is 11.1 Å². The van der Waals surface area contributed by atoms with E-state index in [1.165, 1.54) is 0 Å². The Morgan fingerprint density at radius 3 is 1.57 bits per heavy atom.